The highest BCUT2D eigenvalue weighted by molar-refractivity contribution is 6.32. The van der Waals surface area contributed by atoms with Crippen LogP contribution in [0.4, 0.5) is 18.0 Å². The van der Waals surface area contributed by atoms with E-state index in [0.29, 0.717) is 5.56 Å². The van der Waals surface area contributed by atoms with Gasteiger partial charge in [0.15, 0.2) is 0 Å². The van der Waals surface area contributed by atoms with Gasteiger partial charge in [0.1, 0.15) is 5.54 Å². The minimum Gasteiger partial charge on any atom is -0.319 e. The maximum absolute atomic E-state index is 13.2. The topological polar surface area (TPSA) is 49.4 Å². The van der Waals surface area contributed by atoms with Gasteiger partial charge in [-0.1, -0.05) is 48.0 Å². The Morgan fingerprint density at radius 1 is 1.08 bits per heavy atom. The third kappa shape index (κ3) is 3.03. The third-order valence-corrected chi connectivity index (χ3v) is 4.67. The van der Waals surface area contributed by atoms with Crippen molar-refractivity contribution in [3.05, 3.63) is 70.2 Å². The molecule has 0 aliphatic carbocycles. The van der Waals surface area contributed by atoms with Crippen LogP contribution in [-0.4, -0.2) is 16.8 Å². The van der Waals surface area contributed by atoms with E-state index in [2.05, 4.69) is 5.32 Å². The molecule has 2 aromatic rings. The van der Waals surface area contributed by atoms with Crippen molar-refractivity contribution in [3.8, 4) is 0 Å². The predicted octanol–water partition coefficient (Wildman–Crippen LogP) is 4.33. The van der Waals surface area contributed by atoms with E-state index in [1.165, 1.54) is 25.1 Å². The van der Waals surface area contributed by atoms with Gasteiger partial charge >= 0.3 is 12.2 Å². The Morgan fingerprint density at radius 2 is 1.69 bits per heavy atom. The zero-order valence-electron chi connectivity index (χ0n) is 13.6. The molecule has 0 saturated carbocycles. The minimum absolute atomic E-state index is 0.160. The summed E-state index contributed by atoms with van der Waals surface area (Å²) in [7, 11) is 0. The number of benzene rings is 2. The van der Waals surface area contributed by atoms with E-state index in [1.807, 2.05) is 0 Å². The fourth-order valence-electron chi connectivity index (χ4n) is 2.99. The van der Waals surface area contributed by atoms with Crippen LogP contribution >= 0.6 is 11.6 Å². The monoisotopic (exact) mass is 382 g/mol. The summed E-state index contributed by atoms with van der Waals surface area (Å²) in [6.45, 7) is 0.991. The van der Waals surface area contributed by atoms with E-state index >= 15 is 0 Å². The summed E-state index contributed by atoms with van der Waals surface area (Å²) in [5.74, 6) is -0.660. The Bertz CT molecular complexity index is 885. The lowest BCUT2D eigenvalue weighted by Gasteiger charge is -2.23. The fourth-order valence-corrected chi connectivity index (χ4v) is 3.32. The Hall–Kier alpha value is -2.54. The Balaban J connectivity index is 1.96. The Morgan fingerprint density at radius 3 is 2.35 bits per heavy atom. The van der Waals surface area contributed by atoms with Crippen molar-refractivity contribution in [3.63, 3.8) is 0 Å². The molecule has 0 bridgehead atoms. The smallest absolute Gasteiger partial charge is 0.319 e. The van der Waals surface area contributed by atoms with E-state index in [9.17, 15) is 22.8 Å². The number of hydrogen-bond acceptors (Lipinski definition) is 2. The van der Waals surface area contributed by atoms with E-state index in [0.717, 1.165) is 11.0 Å². The Labute approximate surface area is 152 Å². The van der Waals surface area contributed by atoms with E-state index < -0.39 is 35.8 Å². The molecule has 0 aromatic heterocycles. The second-order valence-corrected chi connectivity index (χ2v) is 6.49. The zero-order chi connectivity index (χ0) is 19.1. The summed E-state index contributed by atoms with van der Waals surface area (Å²) in [5, 5.41) is 2.82. The summed E-state index contributed by atoms with van der Waals surface area (Å²) < 4.78 is 39.5. The van der Waals surface area contributed by atoms with Gasteiger partial charge in [-0.2, -0.15) is 13.2 Å². The number of urea groups is 1. The number of nitrogens with one attached hydrogen (secondary N) is 1. The molecule has 1 N–H and O–H groups in total. The molecular formula is C18H14ClF3N2O2. The largest absolute Gasteiger partial charge is 0.416 e. The molecule has 4 nitrogen and oxygen atoms in total. The van der Waals surface area contributed by atoms with Crippen molar-refractivity contribution in [2.45, 2.75) is 25.2 Å². The highest BCUT2D eigenvalue weighted by atomic mass is 35.5. The van der Waals surface area contributed by atoms with Crippen LogP contribution in [0.3, 0.4) is 0 Å². The van der Waals surface area contributed by atoms with Gasteiger partial charge in [0.25, 0.3) is 5.91 Å². The summed E-state index contributed by atoms with van der Waals surface area (Å²) in [5.41, 5.74) is -2.10. The van der Waals surface area contributed by atoms with Crippen LogP contribution in [0, 0.1) is 0 Å². The number of amides is 3. The first kappa shape index (κ1) is 18.3. The molecule has 136 valence electrons. The van der Waals surface area contributed by atoms with Crippen LogP contribution in [0.5, 0.6) is 0 Å². The highest BCUT2D eigenvalue weighted by Crippen LogP contribution is 2.36. The van der Waals surface area contributed by atoms with Gasteiger partial charge in [-0.05, 0) is 24.6 Å². The summed E-state index contributed by atoms with van der Waals surface area (Å²) in [6, 6.07) is 10.6. The quantitative estimate of drug-likeness (QED) is 0.803. The van der Waals surface area contributed by atoms with Crippen LogP contribution in [0.2, 0.25) is 5.02 Å². The molecule has 26 heavy (non-hydrogen) atoms. The van der Waals surface area contributed by atoms with Crippen LogP contribution < -0.4 is 5.32 Å². The van der Waals surface area contributed by atoms with Crippen molar-refractivity contribution in [1.29, 1.82) is 0 Å². The number of halogens is 4. The summed E-state index contributed by atoms with van der Waals surface area (Å²) in [6.07, 6.45) is -4.58. The molecule has 0 radical (unpaired) electrons. The van der Waals surface area contributed by atoms with Gasteiger partial charge in [-0.15, -0.1) is 0 Å². The molecule has 8 heteroatoms. The summed E-state index contributed by atoms with van der Waals surface area (Å²) >= 11 is 6.13. The van der Waals surface area contributed by atoms with E-state index in [-0.39, 0.29) is 10.6 Å². The minimum atomic E-state index is -4.58. The second kappa shape index (κ2) is 6.32. The van der Waals surface area contributed by atoms with Gasteiger partial charge in [0, 0.05) is 10.6 Å². The standard InChI is InChI=1S/C18H14ClF3N2O2/c1-17(13-8-4-5-9-14(13)19)15(25)24(16(26)23-17)10-11-6-2-3-7-12(11)18(20,21)22/h2-9H,10H2,1H3,(H,23,26)/t17-/m1/s1. The van der Waals surface area contributed by atoms with Crippen molar-refractivity contribution in [1.82, 2.24) is 10.2 Å². The maximum atomic E-state index is 13.2. The average molecular weight is 383 g/mol. The van der Waals surface area contributed by atoms with Crippen molar-refractivity contribution in [2.75, 3.05) is 0 Å². The van der Waals surface area contributed by atoms with Crippen molar-refractivity contribution in [2.24, 2.45) is 0 Å². The molecular weight excluding hydrogens is 369 g/mol. The average Bonchev–Trinajstić information content (AvgIpc) is 2.79. The first-order chi connectivity index (χ1) is 12.1. The lowest BCUT2D eigenvalue weighted by molar-refractivity contribution is -0.139. The molecule has 1 heterocycles. The number of nitrogens with zero attached hydrogens (tertiary/aromatic N) is 1. The third-order valence-electron chi connectivity index (χ3n) is 4.34. The van der Waals surface area contributed by atoms with Gasteiger partial charge in [-0.25, -0.2) is 4.79 Å². The van der Waals surface area contributed by atoms with Gasteiger partial charge in [-0.3, -0.25) is 9.69 Å². The number of carbonyl (C=O) groups excluding carboxylic acids is 2. The number of carbonyl (C=O) groups is 2. The second-order valence-electron chi connectivity index (χ2n) is 6.08. The molecule has 3 rings (SSSR count). The van der Waals surface area contributed by atoms with Crippen molar-refractivity contribution >= 4 is 23.5 Å². The van der Waals surface area contributed by atoms with Crippen molar-refractivity contribution < 1.29 is 22.8 Å². The lowest BCUT2D eigenvalue weighted by atomic mass is 9.92. The predicted molar refractivity (Wildman–Crippen MR) is 89.3 cm³/mol. The number of rotatable bonds is 3. The van der Waals surface area contributed by atoms with Crippen LogP contribution in [-0.2, 0) is 23.1 Å². The molecule has 1 aliphatic rings. The van der Waals surface area contributed by atoms with E-state index in [4.69, 9.17) is 11.6 Å². The van der Waals surface area contributed by atoms with E-state index in [1.54, 1.807) is 24.3 Å². The Kier molecular flexibility index (Phi) is 4.44. The highest BCUT2D eigenvalue weighted by Gasteiger charge is 2.50. The molecule has 1 fully saturated rings. The number of alkyl halides is 3. The molecule has 1 aliphatic heterocycles. The molecule has 0 unspecified atom stereocenters. The SMILES string of the molecule is C[C@]1(c2ccccc2Cl)NC(=O)N(Cc2ccccc2C(F)(F)F)C1=O. The van der Waals surface area contributed by atoms with Crippen LogP contribution in [0.25, 0.3) is 0 Å². The van der Waals surface area contributed by atoms with Crippen LogP contribution in [0.15, 0.2) is 48.5 Å². The van der Waals surface area contributed by atoms with Gasteiger partial charge in [0.2, 0.25) is 0 Å². The van der Waals surface area contributed by atoms with Gasteiger partial charge < -0.3 is 5.32 Å². The van der Waals surface area contributed by atoms with Gasteiger partial charge in [0.05, 0.1) is 12.1 Å². The van der Waals surface area contributed by atoms with Crippen LogP contribution in [0.1, 0.15) is 23.6 Å². The molecule has 3 amide bonds. The zero-order valence-corrected chi connectivity index (χ0v) is 14.4. The number of imide groups is 1. The lowest BCUT2D eigenvalue weighted by Crippen LogP contribution is -2.41. The first-order valence-electron chi connectivity index (χ1n) is 7.69. The molecule has 2 aromatic carbocycles. The maximum Gasteiger partial charge on any atom is 0.416 e. The molecule has 1 atom stereocenters. The normalized spacial score (nSPS) is 20.4. The molecule has 0 spiro atoms. The molecule has 1 saturated heterocycles. The summed E-state index contributed by atoms with van der Waals surface area (Å²) in [4.78, 5) is 26.0. The number of hydrogen-bond donors (Lipinski definition) is 1. The fraction of sp³-hybridized carbons (Fsp3) is 0.222. The first-order valence-corrected chi connectivity index (χ1v) is 8.06.